The highest BCUT2D eigenvalue weighted by Gasteiger charge is 2.18. The second kappa shape index (κ2) is 6.68. The summed E-state index contributed by atoms with van der Waals surface area (Å²) in [7, 11) is 3.17. The molecule has 1 aromatic carbocycles. The number of nitrogens with zero attached hydrogens (tertiary/aromatic N) is 2. The van der Waals surface area contributed by atoms with Crippen molar-refractivity contribution in [3.05, 3.63) is 53.9 Å². The average molecular weight is 338 g/mol. The molecule has 0 atom stereocenters. The Kier molecular flexibility index (Phi) is 4.43. The molecule has 128 valence electrons. The van der Waals surface area contributed by atoms with E-state index >= 15 is 0 Å². The molecule has 0 bridgehead atoms. The highest BCUT2D eigenvalue weighted by molar-refractivity contribution is 5.88. The van der Waals surface area contributed by atoms with Crippen LogP contribution in [-0.2, 0) is 4.79 Å². The van der Waals surface area contributed by atoms with E-state index in [9.17, 15) is 4.79 Å². The van der Waals surface area contributed by atoms with E-state index in [-0.39, 0.29) is 0 Å². The molecule has 0 radical (unpaired) electrons. The summed E-state index contributed by atoms with van der Waals surface area (Å²) in [5, 5.41) is 9.02. The van der Waals surface area contributed by atoms with Crippen molar-refractivity contribution in [2.45, 2.75) is 6.92 Å². The number of imidazole rings is 1. The number of pyridine rings is 1. The number of carboxylic acids is 1. The van der Waals surface area contributed by atoms with Crippen LogP contribution >= 0.6 is 0 Å². The fraction of sp³-hybridized carbons (Fsp3) is 0.158. The normalized spacial score (nSPS) is 11.2. The van der Waals surface area contributed by atoms with Gasteiger partial charge in [-0.2, -0.15) is 0 Å². The molecular weight excluding hydrogens is 320 g/mol. The molecule has 6 nitrogen and oxygen atoms in total. The third-order valence-electron chi connectivity index (χ3n) is 3.93. The van der Waals surface area contributed by atoms with Gasteiger partial charge in [0.15, 0.2) is 0 Å². The molecule has 0 fully saturated rings. The Morgan fingerprint density at radius 2 is 2.04 bits per heavy atom. The van der Waals surface area contributed by atoms with Crippen LogP contribution in [0.25, 0.3) is 23.0 Å². The van der Waals surface area contributed by atoms with Gasteiger partial charge >= 0.3 is 5.97 Å². The van der Waals surface area contributed by atoms with Gasteiger partial charge in [0.05, 0.1) is 19.9 Å². The molecule has 0 amide bonds. The molecule has 6 heteroatoms. The van der Waals surface area contributed by atoms with Gasteiger partial charge in [0, 0.05) is 17.8 Å². The summed E-state index contributed by atoms with van der Waals surface area (Å²) in [5.74, 6) is 0.274. The molecule has 0 spiro atoms. The summed E-state index contributed by atoms with van der Waals surface area (Å²) in [6.45, 7) is 1.96. The lowest BCUT2D eigenvalue weighted by atomic mass is 10.1. The monoisotopic (exact) mass is 338 g/mol. The molecule has 0 aliphatic heterocycles. The van der Waals surface area contributed by atoms with Gasteiger partial charge in [0.25, 0.3) is 0 Å². The lowest BCUT2D eigenvalue weighted by molar-refractivity contribution is -0.131. The van der Waals surface area contributed by atoms with Crippen molar-refractivity contribution in [3.63, 3.8) is 0 Å². The van der Waals surface area contributed by atoms with Gasteiger partial charge in [-0.25, -0.2) is 9.78 Å². The lowest BCUT2D eigenvalue weighted by Crippen LogP contribution is -1.94. The van der Waals surface area contributed by atoms with Crippen LogP contribution in [-0.4, -0.2) is 34.7 Å². The summed E-state index contributed by atoms with van der Waals surface area (Å²) >= 11 is 0. The summed E-state index contributed by atoms with van der Waals surface area (Å²) < 4.78 is 12.6. The van der Waals surface area contributed by atoms with Crippen molar-refractivity contribution in [2.75, 3.05) is 14.2 Å². The molecule has 1 N–H and O–H groups in total. The van der Waals surface area contributed by atoms with E-state index in [1.54, 1.807) is 26.4 Å². The van der Waals surface area contributed by atoms with E-state index in [0.29, 0.717) is 22.9 Å². The van der Waals surface area contributed by atoms with Gasteiger partial charge in [0.1, 0.15) is 22.8 Å². The van der Waals surface area contributed by atoms with Crippen LogP contribution in [0, 0.1) is 6.92 Å². The smallest absolute Gasteiger partial charge is 0.328 e. The summed E-state index contributed by atoms with van der Waals surface area (Å²) in [5.41, 5.74) is 3.76. The first-order valence-electron chi connectivity index (χ1n) is 7.66. The minimum absolute atomic E-state index is 0.627. The topological polar surface area (TPSA) is 73.1 Å². The zero-order chi connectivity index (χ0) is 18.0. The van der Waals surface area contributed by atoms with Gasteiger partial charge in [-0.15, -0.1) is 0 Å². The van der Waals surface area contributed by atoms with Crippen molar-refractivity contribution in [1.29, 1.82) is 0 Å². The molecule has 0 saturated heterocycles. The zero-order valence-electron chi connectivity index (χ0n) is 14.2. The summed E-state index contributed by atoms with van der Waals surface area (Å²) in [4.78, 5) is 15.7. The van der Waals surface area contributed by atoms with Gasteiger partial charge in [-0.05, 0) is 42.8 Å². The molecule has 3 rings (SSSR count). The van der Waals surface area contributed by atoms with Crippen molar-refractivity contribution in [2.24, 2.45) is 0 Å². The first-order valence-corrected chi connectivity index (χ1v) is 7.66. The highest BCUT2D eigenvalue weighted by Crippen LogP contribution is 2.36. The average Bonchev–Trinajstić information content (AvgIpc) is 2.99. The Labute approximate surface area is 145 Å². The Morgan fingerprint density at radius 3 is 2.72 bits per heavy atom. The number of ether oxygens (including phenoxy) is 2. The maximum atomic E-state index is 11.0. The number of rotatable bonds is 5. The quantitative estimate of drug-likeness (QED) is 0.722. The van der Waals surface area contributed by atoms with Crippen LogP contribution in [0.5, 0.6) is 11.5 Å². The van der Waals surface area contributed by atoms with Gasteiger partial charge in [-0.3, -0.25) is 4.40 Å². The number of hydrogen-bond acceptors (Lipinski definition) is 4. The van der Waals surface area contributed by atoms with E-state index in [2.05, 4.69) is 0 Å². The minimum Gasteiger partial charge on any atom is -0.497 e. The first kappa shape index (κ1) is 16.6. The number of fused-ring (bicyclic) bond motifs is 1. The lowest BCUT2D eigenvalue weighted by Gasteiger charge is -2.09. The largest absolute Gasteiger partial charge is 0.497 e. The molecule has 2 aromatic heterocycles. The maximum Gasteiger partial charge on any atom is 0.328 e. The van der Waals surface area contributed by atoms with Crippen molar-refractivity contribution in [3.8, 4) is 22.8 Å². The zero-order valence-corrected chi connectivity index (χ0v) is 14.2. The molecule has 2 heterocycles. The fourth-order valence-corrected chi connectivity index (χ4v) is 2.73. The standard InChI is InChI=1S/C19H18N2O4/c1-12-5-4-10-21-15(7-9-17(22)23)18(20-19(12)21)14-11-13(24-2)6-8-16(14)25-3/h4-11H,1-3H3,(H,22,23)/b9-7+. The fourth-order valence-electron chi connectivity index (χ4n) is 2.73. The molecule has 0 saturated carbocycles. The number of aromatic nitrogens is 2. The van der Waals surface area contributed by atoms with Crippen molar-refractivity contribution >= 4 is 17.7 Å². The molecule has 25 heavy (non-hydrogen) atoms. The Hall–Kier alpha value is -3.28. The predicted octanol–water partition coefficient (Wildman–Crippen LogP) is 3.42. The molecule has 0 aliphatic carbocycles. The SMILES string of the molecule is COc1ccc(OC)c(-c2nc3c(C)cccn3c2/C=C/C(=O)O)c1. The van der Waals surface area contributed by atoms with Crippen LogP contribution < -0.4 is 9.47 Å². The van der Waals surface area contributed by atoms with Gasteiger partial charge in [0.2, 0.25) is 0 Å². The Bertz CT molecular complexity index is 973. The van der Waals surface area contributed by atoms with E-state index in [1.807, 2.05) is 35.7 Å². The number of carboxylic acid groups (broad SMARTS) is 1. The second-order valence-electron chi connectivity index (χ2n) is 5.47. The highest BCUT2D eigenvalue weighted by atomic mass is 16.5. The number of carbonyl (C=O) groups is 1. The Morgan fingerprint density at radius 1 is 1.24 bits per heavy atom. The van der Waals surface area contributed by atoms with E-state index in [1.165, 1.54) is 6.08 Å². The van der Waals surface area contributed by atoms with Crippen LogP contribution in [0.3, 0.4) is 0 Å². The van der Waals surface area contributed by atoms with E-state index < -0.39 is 5.97 Å². The minimum atomic E-state index is -1.02. The molecule has 0 aliphatic rings. The number of methoxy groups -OCH3 is 2. The number of aryl methyl sites for hydroxylation is 1. The first-order chi connectivity index (χ1) is 12.0. The third-order valence-corrected chi connectivity index (χ3v) is 3.93. The van der Waals surface area contributed by atoms with Crippen LogP contribution in [0.2, 0.25) is 0 Å². The molecule has 3 aromatic rings. The number of benzene rings is 1. The van der Waals surface area contributed by atoms with Crippen molar-refractivity contribution < 1.29 is 19.4 Å². The van der Waals surface area contributed by atoms with Crippen LogP contribution in [0.15, 0.2) is 42.6 Å². The Balaban J connectivity index is 2.34. The van der Waals surface area contributed by atoms with Gasteiger partial charge in [-0.1, -0.05) is 6.07 Å². The van der Waals surface area contributed by atoms with E-state index in [4.69, 9.17) is 19.6 Å². The van der Waals surface area contributed by atoms with Crippen LogP contribution in [0.4, 0.5) is 0 Å². The summed E-state index contributed by atoms with van der Waals surface area (Å²) in [6.07, 6.45) is 4.49. The third kappa shape index (κ3) is 3.06. The van der Waals surface area contributed by atoms with E-state index in [0.717, 1.165) is 22.9 Å². The predicted molar refractivity (Wildman–Crippen MR) is 95.1 cm³/mol. The van der Waals surface area contributed by atoms with Crippen molar-refractivity contribution in [1.82, 2.24) is 9.38 Å². The maximum absolute atomic E-state index is 11.0. The second-order valence-corrected chi connectivity index (χ2v) is 5.47. The number of aliphatic carboxylic acids is 1. The van der Waals surface area contributed by atoms with Crippen LogP contribution in [0.1, 0.15) is 11.3 Å². The summed E-state index contributed by atoms with van der Waals surface area (Å²) in [6, 6.07) is 9.29. The van der Waals surface area contributed by atoms with Gasteiger partial charge < -0.3 is 14.6 Å². The molecular formula is C19H18N2O4. The molecule has 0 unspecified atom stereocenters. The number of hydrogen-bond donors (Lipinski definition) is 1.